The molecule has 4 aromatic rings. The van der Waals surface area contributed by atoms with Crippen molar-refractivity contribution in [2.24, 2.45) is 0 Å². The molecule has 1 unspecified atom stereocenters. The van der Waals surface area contributed by atoms with Gasteiger partial charge >= 0.3 is 0 Å². The van der Waals surface area contributed by atoms with Crippen LogP contribution in [0.4, 0.5) is 0 Å². The maximum Gasteiger partial charge on any atom is 0.0927 e. The molecule has 0 N–H and O–H groups in total. The minimum atomic E-state index is -1.78. The number of hydrogen-bond acceptors (Lipinski definition) is 0. The lowest BCUT2D eigenvalue weighted by molar-refractivity contribution is 1.09. The molecule has 4 rings (SSSR count). The van der Waals surface area contributed by atoms with E-state index in [-0.39, 0.29) is 0 Å². The molecule has 0 amide bonds. The van der Waals surface area contributed by atoms with Crippen LogP contribution >= 0.6 is 0 Å². The predicted octanol–water partition coefficient (Wildman–Crippen LogP) is 6.13. The third kappa shape index (κ3) is 3.11. The van der Waals surface area contributed by atoms with Gasteiger partial charge in [0.25, 0.3) is 0 Å². The lowest BCUT2D eigenvalue weighted by Crippen LogP contribution is -2.48. The summed E-state index contributed by atoms with van der Waals surface area (Å²) in [4.78, 5) is 0. The molecular formula is C25H24Si. The van der Waals surface area contributed by atoms with Crippen molar-refractivity contribution >= 4 is 24.0 Å². The molecule has 26 heavy (non-hydrogen) atoms. The summed E-state index contributed by atoms with van der Waals surface area (Å²) in [6.07, 6.45) is 0. The number of fused-ring (bicyclic) bond motifs is 1. The fourth-order valence-corrected chi connectivity index (χ4v) is 7.52. The highest BCUT2D eigenvalue weighted by Crippen LogP contribution is 2.35. The summed E-state index contributed by atoms with van der Waals surface area (Å²) in [7, 11) is -1.78. The van der Waals surface area contributed by atoms with Crippen LogP contribution in [-0.4, -0.2) is 8.07 Å². The van der Waals surface area contributed by atoms with Gasteiger partial charge in [-0.15, -0.1) is 0 Å². The Morgan fingerprint density at radius 3 is 1.81 bits per heavy atom. The van der Waals surface area contributed by atoms with Gasteiger partial charge in [-0.3, -0.25) is 0 Å². The second-order valence-electron chi connectivity index (χ2n) is 7.54. The zero-order chi connectivity index (χ0) is 18.0. The van der Waals surface area contributed by atoms with Crippen LogP contribution in [0, 0.1) is 0 Å². The molecule has 0 heterocycles. The van der Waals surface area contributed by atoms with Gasteiger partial charge in [0.15, 0.2) is 0 Å². The van der Waals surface area contributed by atoms with Crippen molar-refractivity contribution in [3.63, 3.8) is 0 Å². The molecule has 0 aliphatic heterocycles. The molecule has 0 saturated carbocycles. The zero-order valence-electron chi connectivity index (χ0n) is 15.4. The molecular weight excluding hydrogens is 328 g/mol. The van der Waals surface area contributed by atoms with E-state index in [9.17, 15) is 0 Å². The monoisotopic (exact) mass is 352 g/mol. The highest BCUT2D eigenvalue weighted by Gasteiger charge is 2.35. The number of hydrogen-bond donors (Lipinski definition) is 0. The first-order valence-corrected chi connectivity index (χ1v) is 12.3. The number of rotatable bonds is 4. The van der Waals surface area contributed by atoms with E-state index in [2.05, 4.69) is 116 Å². The van der Waals surface area contributed by atoms with Crippen molar-refractivity contribution < 1.29 is 0 Å². The van der Waals surface area contributed by atoms with Crippen molar-refractivity contribution in [3.8, 4) is 0 Å². The fourth-order valence-electron chi connectivity index (χ4n) is 4.09. The Hall–Kier alpha value is -2.64. The topological polar surface area (TPSA) is 0 Å². The van der Waals surface area contributed by atoms with E-state index in [0.717, 1.165) is 0 Å². The summed E-state index contributed by atoms with van der Waals surface area (Å²) < 4.78 is 0. The summed E-state index contributed by atoms with van der Waals surface area (Å²) in [5, 5.41) is 4.13. The normalized spacial score (nSPS) is 12.8. The van der Waals surface area contributed by atoms with Crippen LogP contribution < -0.4 is 5.19 Å². The smallest absolute Gasteiger partial charge is 0.0647 e. The third-order valence-corrected chi connectivity index (χ3v) is 9.41. The van der Waals surface area contributed by atoms with Crippen LogP contribution in [0.3, 0.4) is 0 Å². The Bertz CT molecular complexity index is 1000. The molecule has 1 heteroatoms. The summed E-state index contributed by atoms with van der Waals surface area (Å²) >= 11 is 0. The standard InChI is InChI=1S/C25H24Si/c1-26(2,24-15-7-4-8-16-24)25(21-12-5-3-6-13-21)23-18-17-20-11-9-10-14-22(20)19-23/h3-19,25H,1-2H3. The Morgan fingerprint density at radius 1 is 0.538 bits per heavy atom. The summed E-state index contributed by atoms with van der Waals surface area (Å²) in [6.45, 7) is 4.99. The molecule has 0 nitrogen and oxygen atoms in total. The highest BCUT2D eigenvalue weighted by atomic mass is 28.3. The molecule has 0 saturated heterocycles. The zero-order valence-corrected chi connectivity index (χ0v) is 16.4. The van der Waals surface area contributed by atoms with E-state index < -0.39 is 8.07 Å². The van der Waals surface area contributed by atoms with E-state index in [1.807, 2.05) is 0 Å². The van der Waals surface area contributed by atoms with Crippen molar-refractivity contribution in [1.82, 2.24) is 0 Å². The second-order valence-corrected chi connectivity index (χ2v) is 12.1. The highest BCUT2D eigenvalue weighted by molar-refractivity contribution is 6.91. The fraction of sp³-hybridized carbons (Fsp3) is 0.120. The van der Waals surface area contributed by atoms with Gasteiger partial charge < -0.3 is 0 Å². The van der Waals surface area contributed by atoms with Gasteiger partial charge in [0.1, 0.15) is 0 Å². The Morgan fingerprint density at radius 2 is 1.12 bits per heavy atom. The molecule has 4 aromatic carbocycles. The quantitative estimate of drug-likeness (QED) is 0.388. The maximum atomic E-state index is 2.50. The van der Waals surface area contributed by atoms with Crippen LogP contribution in [0.15, 0.2) is 103 Å². The average molecular weight is 353 g/mol. The van der Waals surface area contributed by atoms with Gasteiger partial charge in [-0.2, -0.15) is 0 Å². The van der Waals surface area contributed by atoms with Crippen LogP contribution in [0.2, 0.25) is 13.1 Å². The molecule has 0 bridgehead atoms. The third-order valence-electron chi connectivity index (χ3n) is 5.48. The Balaban J connectivity index is 1.91. The SMILES string of the molecule is C[Si](C)(c1ccccc1)C(c1ccccc1)c1ccc2ccccc2c1. The summed E-state index contributed by atoms with van der Waals surface area (Å²) in [5.74, 6) is 0. The van der Waals surface area contributed by atoms with Gasteiger partial charge in [-0.1, -0.05) is 121 Å². The van der Waals surface area contributed by atoms with Crippen molar-refractivity contribution in [3.05, 3.63) is 114 Å². The molecule has 128 valence electrons. The van der Waals surface area contributed by atoms with Gasteiger partial charge in [0, 0.05) is 5.54 Å². The Labute approximate surface area is 157 Å². The van der Waals surface area contributed by atoms with E-state index in [1.165, 1.54) is 27.1 Å². The first kappa shape index (κ1) is 16.8. The summed E-state index contributed by atoms with van der Waals surface area (Å²) in [6, 6.07) is 37.7. The van der Waals surface area contributed by atoms with E-state index in [4.69, 9.17) is 0 Å². The lowest BCUT2D eigenvalue weighted by atomic mass is 10.0. The molecule has 0 aromatic heterocycles. The van der Waals surface area contributed by atoms with Gasteiger partial charge in [-0.05, 0) is 21.9 Å². The Kier molecular flexibility index (Phi) is 4.48. The van der Waals surface area contributed by atoms with Crippen molar-refractivity contribution in [2.75, 3.05) is 0 Å². The van der Waals surface area contributed by atoms with E-state index >= 15 is 0 Å². The van der Waals surface area contributed by atoms with Gasteiger partial charge in [0.05, 0.1) is 8.07 Å². The van der Waals surface area contributed by atoms with E-state index in [0.29, 0.717) is 5.54 Å². The molecule has 0 aliphatic carbocycles. The molecule has 1 atom stereocenters. The lowest BCUT2D eigenvalue weighted by Gasteiger charge is -2.34. The maximum absolute atomic E-state index is 2.50. The number of benzene rings is 4. The van der Waals surface area contributed by atoms with Gasteiger partial charge in [0.2, 0.25) is 0 Å². The van der Waals surface area contributed by atoms with Crippen LogP contribution in [0.5, 0.6) is 0 Å². The second kappa shape index (κ2) is 6.93. The van der Waals surface area contributed by atoms with E-state index in [1.54, 1.807) is 0 Å². The van der Waals surface area contributed by atoms with Crippen LogP contribution in [0.25, 0.3) is 10.8 Å². The van der Waals surface area contributed by atoms with Crippen LogP contribution in [-0.2, 0) is 0 Å². The largest absolute Gasteiger partial charge is 0.0927 e. The minimum Gasteiger partial charge on any atom is -0.0647 e. The molecule has 0 fully saturated rings. The van der Waals surface area contributed by atoms with Crippen molar-refractivity contribution in [1.29, 1.82) is 0 Å². The average Bonchev–Trinajstić information content (AvgIpc) is 2.69. The van der Waals surface area contributed by atoms with Crippen LogP contribution in [0.1, 0.15) is 16.7 Å². The molecule has 0 aliphatic rings. The minimum absolute atomic E-state index is 0.427. The first-order chi connectivity index (χ1) is 12.7. The predicted molar refractivity (Wildman–Crippen MR) is 116 cm³/mol. The summed E-state index contributed by atoms with van der Waals surface area (Å²) in [5.41, 5.74) is 3.27. The van der Waals surface area contributed by atoms with Gasteiger partial charge in [-0.25, -0.2) is 0 Å². The molecule has 0 radical (unpaired) electrons. The van der Waals surface area contributed by atoms with Crippen molar-refractivity contribution in [2.45, 2.75) is 18.6 Å². The first-order valence-electron chi connectivity index (χ1n) is 9.25. The molecule has 0 spiro atoms.